The minimum Gasteiger partial charge on any atom is -0.493 e. The monoisotopic (exact) mass is 349 g/mol. The van der Waals surface area contributed by atoms with Gasteiger partial charge in [0.2, 0.25) is 5.91 Å². The highest BCUT2D eigenvalue weighted by Crippen LogP contribution is 2.36. The van der Waals surface area contributed by atoms with Gasteiger partial charge in [0.05, 0.1) is 25.6 Å². The molecule has 0 atom stereocenters. The van der Waals surface area contributed by atoms with Gasteiger partial charge in [-0.1, -0.05) is 11.6 Å². The summed E-state index contributed by atoms with van der Waals surface area (Å²) in [5.41, 5.74) is 0.756. The first-order valence-corrected chi connectivity index (χ1v) is 7.85. The van der Waals surface area contributed by atoms with E-state index in [4.69, 9.17) is 21.1 Å². The first-order valence-electron chi connectivity index (χ1n) is 7.47. The van der Waals surface area contributed by atoms with E-state index in [0.29, 0.717) is 23.1 Å². The first-order chi connectivity index (χ1) is 11.6. The lowest BCUT2D eigenvalue weighted by atomic mass is 10.2. The molecule has 6 nitrogen and oxygen atoms in total. The zero-order valence-electron chi connectivity index (χ0n) is 13.7. The molecular weight excluding hydrogens is 330 g/mol. The van der Waals surface area contributed by atoms with Gasteiger partial charge in [-0.05, 0) is 30.2 Å². The average Bonchev–Trinajstić information content (AvgIpc) is 3.09. The van der Waals surface area contributed by atoms with Crippen LogP contribution in [0.4, 0.5) is 0 Å². The van der Waals surface area contributed by atoms with Crippen molar-refractivity contribution >= 4 is 23.6 Å². The zero-order chi connectivity index (χ0) is 17.4. The van der Waals surface area contributed by atoms with Crippen molar-refractivity contribution in [2.45, 2.75) is 13.0 Å². The minimum atomic E-state index is -0.161. The summed E-state index contributed by atoms with van der Waals surface area (Å²) in [4.78, 5) is 15.8. The van der Waals surface area contributed by atoms with Crippen molar-refractivity contribution in [2.24, 2.45) is 0 Å². The molecule has 0 saturated heterocycles. The number of imidazole rings is 1. The van der Waals surface area contributed by atoms with Crippen LogP contribution in [0.3, 0.4) is 0 Å². The number of amides is 1. The van der Waals surface area contributed by atoms with Crippen LogP contribution in [0.15, 0.2) is 36.9 Å². The van der Waals surface area contributed by atoms with Crippen LogP contribution in [-0.4, -0.2) is 36.2 Å². The van der Waals surface area contributed by atoms with Crippen LogP contribution in [0.5, 0.6) is 11.5 Å². The van der Waals surface area contributed by atoms with Crippen LogP contribution >= 0.6 is 11.6 Å². The molecule has 0 bridgehead atoms. The lowest BCUT2D eigenvalue weighted by Gasteiger charge is -2.10. The van der Waals surface area contributed by atoms with Crippen LogP contribution in [0, 0.1) is 0 Å². The van der Waals surface area contributed by atoms with E-state index < -0.39 is 0 Å². The van der Waals surface area contributed by atoms with Crippen molar-refractivity contribution in [3.63, 3.8) is 0 Å². The number of halogens is 1. The lowest BCUT2D eigenvalue weighted by molar-refractivity contribution is -0.116. The summed E-state index contributed by atoms with van der Waals surface area (Å²) in [6.07, 6.45) is 9.35. The molecular formula is C17H20ClN3O3. The molecule has 0 fully saturated rings. The number of carbonyl (C=O) groups is 1. The first kappa shape index (κ1) is 17.9. The largest absolute Gasteiger partial charge is 0.493 e. The second-order valence-electron chi connectivity index (χ2n) is 5.02. The highest BCUT2D eigenvalue weighted by molar-refractivity contribution is 6.32. The summed E-state index contributed by atoms with van der Waals surface area (Å²) in [5.74, 6) is 0.831. The molecule has 1 aromatic carbocycles. The van der Waals surface area contributed by atoms with Crippen molar-refractivity contribution in [3.05, 3.63) is 47.5 Å². The molecule has 128 valence electrons. The van der Waals surface area contributed by atoms with Crippen LogP contribution in [0.25, 0.3) is 6.08 Å². The van der Waals surface area contributed by atoms with Gasteiger partial charge in [0.15, 0.2) is 11.5 Å². The van der Waals surface area contributed by atoms with Gasteiger partial charge in [-0.15, -0.1) is 0 Å². The fourth-order valence-corrected chi connectivity index (χ4v) is 2.45. The van der Waals surface area contributed by atoms with E-state index in [1.807, 2.05) is 10.8 Å². The summed E-state index contributed by atoms with van der Waals surface area (Å²) in [5, 5.41) is 3.26. The summed E-state index contributed by atoms with van der Waals surface area (Å²) in [6.45, 7) is 1.41. The molecule has 1 aromatic heterocycles. The molecule has 7 heteroatoms. The molecule has 0 radical (unpaired) electrons. The number of methoxy groups -OCH3 is 2. The van der Waals surface area contributed by atoms with Crippen molar-refractivity contribution in [1.82, 2.24) is 14.9 Å². The van der Waals surface area contributed by atoms with Crippen molar-refractivity contribution in [3.8, 4) is 11.5 Å². The second kappa shape index (κ2) is 8.98. The third-order valence-corrected chi connectivity index (χ3v) is 3.62. The molecule has 0 aliphatic heterocycles. The highest BCUT2D eigenvalue weighted by Gasteiger charge is 2.09. The summed E-state index contributed by atoms with van der Waals surface area (Å²) in [7, 11) is 3.06. The van der Waals surface area contributed by atoms with Gasteiger partial charge >= 0.3 is 0 Å². The van der Waals surface area contributed by atoms with Gasteiger partial charge < -0.3 is 19.4 Å². The smallest absolute Gasteiger partial charge is 0.244 e. The van der Waals surface area contributed by atoms with E-state index in [0.717, 1.165) is 18.5 Å². The Morgan fingerprint density at radius 1 is 1.38 bits per heavy atom. The van der Waals surface area contributed by atoms with Gasteiger partial charge in [-0.3, -0.25) is 4.79 Å². The molecule has 2 aromatic rings. The van der Waals surface area contributed by atoms with Gasteiger partial charge in [0.25, 0.3) is 0 Å². The molecule has 1 N–H and O–H groups in total. The van der Waals surface area contributed by atoms with Crippen LogP contribution in [0.2, 0.25) is 5.02 Å². The van der Waals surface area contributed by atoms with Gasteiger partial charge in [0.1, 0.15) is 0 Å². The quantitative estimate of drug-likeness (QED) is 0.588. The molecule has 0 spiro atoms. The number of rotatable bonds is 8. The van der Waals surface area contributed by atoms with Gasteiger partial charge in [-0.25, -0.2) is 4.98 Å². The standard InChI is InChI=1S/C17H20ClN3O3/c1-23-15-11-13(10-14(18)17(15)24-2)4-5-16(22)20-6-3-8-21-9-7-19-12-21/h4-5,7,9-12H,3,6,8H2,1-2H3,(H,20,22)/b5-4+. The van der Waals surface area contributed by atoms with Crippen molar-refractivity contribution in [1.29, 1.82) is 0 Å². The molecule has 24 heavy (non-hydrogen) atoms. The molecule has 0 saturated carbocycles. The maximum Gasteiger partial charge on any atom is 0.244 e. The van der Waals surface area contributed by atoms with Crippen molar-refractivity contribution < 1.29 is 14.3 Å². The maximum atomic E-state index is 11.8. The predicted molar refractivity (Wildman–Crippen MR) is 93.4 cm³/mol. The molecule has 0 unspecified atom stereocenters. The summed E-state index contributed by atoms with van der Waals surface area (Å²) >= 11 is 6.13. The third kappa shape index (κ3) is 5.03. The Kier molecular flexibility index (Phi) is 6.69. The number of nitrogens with zero attached hydrogens (tertiary/aromatic N) is 2. The predicted octanol–water partition coefficient (Wildman–Crippen LogP) is 2.77. The van der Waals surface area contributed by atoms with E-state index in [-0.39, 0.29) is 5.91 Å². The normalized spacial score (nSPS) is 10.8. The summed E-state index contributed by atoms with van der Waals surface area (Å²) in [6, 6.07) is 3.47. The minimum absolute atomic E-state index is 0.161. The third-order valence-electron chi connectivity index (χ3n) is 3.33. The topological polar surface area (TPSA) is 65.4 Å². The Labute approximate surface area is 146 Å². The Morgan fingerprint density at radius 2 is 2.21 bits per heavy atom. The van der Waals surface area contributed by atoms with E-state index in [9.17, 15) is 4.79 Å². The molecule has 1 amide bonds. The van der Waals surface area contributed by atoms with Crippen LogP contribution in [-0.2, 0) is 11.3 Å². The van der Waals surface area contributed by atoms with Crippen LogP contribution in [0.1, 0.15) is 12.0 Å². The number of aryl methyl sites for hydroxylation is 1. The number of nitrogens with one attached hydrogen (secondary N) is 1. The Balaban J connectivity index is 1.85. The number of hydrogen-bond acceptors (Lipinski definition) is 4. The molecule has 0 aliphatic carbocycles. The fourth-order valence-electron chi connectivity index (χ4n) is 2.16. The SMILES string of the molecule is COc1cc(/C=C/C(=O)NCCCn2ccnc2)cc(Cl)c1OC. The van der Waals surface area contributed by atoms with Crippen molar-refractivity contribution in [2.75, 3.05) is 20.8 Å². The summed E-state index contributed by atoms with van der Waals surface area (Å²) < 4.78 is 12.4. The van der Waals surface area contributed by atoms with E-state index >= 15 is 0 Å². The molecule has 2 rings (SSSR count). The Bertz CT molecular complexity index is 699. The number of ether oxygens (including phenoxy) is 2. The zero-order valence-corrected chi connectivity index (χ0v) is 14.4. The Hall–Kier alpha value is -2.47. The van der Waals surface area contributed by atoms with Gasteiger partial charge in [-0.2, -0.15) is 0 Å². The maximum absolute atomic E-state index is 11.8. The number of carbonyl (C=O) groups excluding carboxylic acids is 1. The van der Waals surface area contributed by atoms with Gasteiger partial charge in [0, 0.05) is 31.6 Å². The Morgan fingerprint density at radius 3 is 2.88 bits per heavy atom. The number of benzene rings is 1. The van der Waals surface area contributed by atoms with E-state index in [2.05, 4.69) is 10.3 Å². The van der Waals surface area contributed by atoms with E-state index in [1.54, 1.807) is 30.7 Å². The number of hydrogen-bond donors (Lipinski definition) is 1. The second-order valence-corrected chi connectivity index (χ2v) is 5.42. The lowest BCUT2D eigenvalue weighted by Crippen LogP contribution is -2.22. The number of aromatic nitrogens is 2. The average molecular weight is 350 g/mol. The van der Waals surface area contributed by atoms with E-state index in [1.165, 1.54) is 20.3 Å². The fraction of sp³-hybridized carbons (Fsp3) is 0.294. The van der Waals surface area contributed by atoms with Crippen LogP contribution < -0.4 is 14.8 Å². The molecule has 1 heterocycles. The highest BCUT2D eigenvalue weighted by atomic mass is 35.5. The molecule has 0 aliphatic rings.